The van der Waals surface area contributed by atoms with Gasteiger partial charge in [-0.2, -0.15) is 13.2 Å². The Kier molecular flexibility index (Phi) is 6.48. The van der Waals surface area contributed by atoms with Gasteiger partial charge in [-0.15, -0.1) is 10.2 Å². The normalized spacial score (nSPS) is 18.8. The number of rotatable bonds is 5. The van der Waals surface area contributed by atoms with Gasteiger partial charge in [0.2, 0.25) is 10.0 Å². The van der Waals surface area contributed by atoms with Gasteiger partial charge >= 0.3 is 6.18 Å². The fourth-order valence-corrected chi connectivity index (χ4v) is 6.17. The van der Waals surface area contributed by atoms with Crippen molar-refractivity contribution in [3.8, 4) is 11.1 Å². The van der Waals surface area contributed by atoms with E-state index >= 15 is 0 Å². The molecule has 0 spiro atoms. The Morgan fingerprint density at radius 3 is 2.51 bits per heavy atom. The number of pyridine rings is 1. The minimum absolute atomic E-state index is 0.0200. The van der Waals surface area contributed by atoms with E-state index in [9.17, 15) is 26.0 Å². The van der Waals surface area contributed by atoms with Crippen LogP contribution in [0.15, 0.2) is 60.0 Å². The predicted octanol–water partition coefficient (Wildman–Crippen LogP) is 5.42. The highest BCUT2D eigenvalue weighted by atomic mass is 32.2. The van der Waals surface area contributed by atoms with Crippen LogP contribution in [0.4, 0.5) is 17.6 Å². The van der Waals surface area contributed by atoms with Crippen LogP contribution in [0.1, 0.15) is 43.0 Å². The molecule has 4 aromatic rings. The minimum Gasteiger partial charge on any atom is -0.317 e. The van der Waals surface area contributed by atoms with Crippen LogP contribution < -0.4 is 4.72 Å². The molecule has 1 saturated carbocycles. The molecule has 7 nitrogen and oxygen atoms in total. The van der Waals surface area contributed by atoms with E-state index in [0.717, 1.165) is 25.0 Å². The van der Waals surface area contributed by atoms with Crippen LogP contribution >= 0.6 is 0 Å². The summed E-state index contributed by atoms with van der Waals surface area (Å²) in [6, 6.07) is 7.71. The van der Waals surface area contributed by atoms with Crippen molar-refractivity contribution in [1.29, 1.82) is 0 Å². The summed E-state index contributed by atoms with van der Waals surface area (Å²) in [5.41, 5.74) is -0.251. The quantitative estimate of drug-likeness (QED) is 0.346. The fraction of sp³-hybridized carbons (Fsp3) is 0.320. The van der Waals surface area contributed by atoms with E-state index in [0.29, 0.717) is 24.6 Å². The molecule has 1 fully saturated rings. The monoisotopic (exact) mass is 533 g/mol. The van der Waals surface area contributed by atoms with Crippen molar-refractivity contribution in [2.24, 2.45) is 0 Å². The number of alkyl halides is 3. The summed E-state index contributed by atoms with van der Waals surface area (Å²) in [4.78, 5) is 3.80. The van der Waals surface area contributed by atoms with Crippen molar-refractivity contribution in [3.05, 3.63) is 72.2 Å². The zero-order valence-electron chi connectivity index (χ0n) is 19.7. The maximum absolute atomic E-state index is 14.4. The van der Waals surface area contributed by atoms with E-state index < -0.39 is 38.5 Å². The molecule has 2 heterocycles. The van der Waals surface area contributed by atoms with Crippen molar-refractivity contribution in [2.45, 2.75) is 55.8 Å². The lowest BCUT2D eigenvalue weighted by Crippen LogP contribution is -2.38. The van der Waals surface area contributed by atoms with Gasteiger partial charge in [0.25, 0.3) is 0 Å². The first-order chi connectivity index (χ1) is 17.5. The number of aryl methyl sites for hydroxylation is 1. The van der Waals surface area contributed by atoms with Crippen LogP contribution in [0.5, 0.6) is 0 Å². The Labute approximate surface area is 210 Å². The summed E-state index contributed by atoms with van der Waals surface area (Å²) in [6.45, 7) is 1.68. The second kappa shape index (κ2) is 9.49. The van der Waals surface area contributed by atoms with E-state index in [1.54, 1.807) is 30.2 Å². The fourth-order valence-electron chi connectivity index (χ4n) is 4.81. The number of hydrogen-bond donors (Lipinski definition) is 1. The van der Waals surface area contributed by atoms with E-state index in [-0.39, 0.29) is 28.1 Å². The van der Waals surface area contributed by atoms with Crippen LogP contribution in [0, 0.1) is 12.7 Å². The molecule has 2 aromatic heterocycles. The minimum atomic E-state index is -4.80. The number of sulfonamides is 1. The lowest BCUT2D eigenvalue weighted by molar-refractivity contribution is -0.137. The van der Waals surface area contributed by atoms with E-state index in [2.05, 4.69) is 19.9 Å². The first kappa shape index (κ1) is 25.3. The van der Waals surface area contributed by atoms with Gasteiger partial charge in [0.05, 0.1) is 16.0 Å². The van der Waals surface area contributed by atoms with Crippen LogP contribution in [-0.4, -0.2) is 34.2 Å². The van der Waals surface area contributed by atoms with Gasteiger partial charge in [-0.3, -0.25) is 4.98 Å². The molecule has 37 heavy (non-hydrogen) atoms. The van der Waals surface area contributed by atoms with Crippen LogP contribution in [0.3, 0.4) is 0 Å². The SMILES string of the molecule is Cc1ccc2c(F)ccc(-c3cc(C(F)(F)F)cc(S(=O)(=O)N[C@H]4CCC[C@@H](n5cnnc5)C4)c3)c2n1. The molecule has 0 radical (unpaired) electrons. The lowest BCUT2D eigenvalue weighted by Gasteiger charge is -2.30. The molecule has 0 aliphatic heterocycles. The van der Waals surface area contributed by atoms with Gasteiger partial charge in [0, 0.05) is 28.7 Å². The van der Waals surface area contributed by atoms with Gasteiger partial charge in [0.1, 0.15) is 18.5 Å². The Balaban J connectivity index is 1.55. The van der Waals surface area contributed by atoms with Crippen molar-refractivity contribution in [2.75, 3.05) is 0 Å². The lowest BCUT2D eigenvalue weighted by atomic mass is 9.91. The summed E-state index contributed by atoms with van der Waals surface area (Å²) in [5.74, 6) is -0.576. The smallest absolute Gasteiger partial charge is 0.317 e. The number of halogens is 4. The molecule has 0 unspecified atom stereocenters. The third-order valence-corrected chi connectivity index (χ3v) is 8.12. The average Bonchev–Trinajstić information content (AvgIpc) is 3.38. The first-order valence-corrected chi connectivity index (χ1v) is 13.1. The van der Waals surface area contributed by atoms with Gasteiger partial charge in [0.15, 0.2) is 0 Å². The third kappa shape index (κ3) is 5.21. The Morgan fingerprint density at radius 1 is 1.03 bits per heavy atom. The predicted molar refractivity (Wildman–Crippen MR) is 129 cm³/mol. The molecule has 5 rings (SSSR count). The molecule has 2 atom stereocenters. The van der Waals surface area contributed by atoms with Crippen LogP contribution in [0.25, 0.3) is 22.0 Å². The third-order valence-electron chi connectivity index (χ3n) is 6.62. The molecular formula is C25H23F4N5O2S. The Bertz CT molecular complexity index is 1560. The summed E-state index contributed by atoms with van der Waals surface area (Å²) < 4.78 is 87.1. The highest BCUT2D eigenvalue weighted by Crippen LogP contribution is 2.37. The maximum Gasteiger partial charge on any atom is 0.416 e. The molecule has 1 N–H and O–H groups in total. The molecule has 12 heteroatoms. The Morgan fingerprint density at radius 2 is 1.78 bits per heavy atom. The zero-order chi connectivity index (χ0) is 26.4. The number of benzene rings is 2. The topological polar surface area (TPSA) is 89.8 Å². The molecule has 0 amide bonds. The van der Waals surface area contributed by atoms with Gasteiger partial charge in [-0.05, 0) is 80.6 Å². The number of fused-ring (bicyclic) bond motifs is 1. The van der Waals surface area contributed by atoms with Gasteiger partial charge in [-0.25, -0.2) is 17.5 Å². The number of aromatic nitrogens is 4. The highest BCUT2D eigenvalue weighted by molar-refractivity contribution is 7.89. The maximum atomic E-state index is 14.4. The zero-order valence-corrected chi connectivity index (χ0v) is 20.5. The molecular weight excluding hydrogens is 510 g/mol. The molecule has 2 aromatic carbocycles. The number of nitrogens with one attached hydrogen (secondary N) is 1. The second-order valence-electron chi connectivity index (χ2n) is 9.24. The molecule has 0 bridgehead atoms. The summed E-state index contributed by atoms with van der Waals surface area (Å²) in [6.07, 6.45) is 0.867. The van der Waals surface area contributed by atoms with E-state index in [1.165, 1.54) is 18.2 Å². The van der Waals surface area contributed by atoms with Crippen molar-refractivity contribution < 1.29 is 26.0 Å². The van der Waals surface area contributed by atoms with Crippen LogP contribution in [0.2, 0.25) is 0 Å². The highest BCUT2D eigenvalue weighted by Gasteiger charge is 2.34. The van der Waals surface area contributed by atoms with E-state index in [1.807, 2.05) is 0 Å². The Hall–Kier alpha value is -3.38. The van der Waals surface area contributed by atoms with Crippen molar-refractivity contribution in [1.82, 2.24) is 24.5 Å². The molecule has 194 valence electrons. The number of nitrogens with zero attached hydrogens (tertiary/aromatic N) is 4. The first-order valence-electron chi connectivity index (χ1n) is 11.7. The summed E-state index contributed by atoms with van der Waals surface area (Å²) >= 11 is 0. The van der Waals surface area contributed by atoms with E-state index in [4.69, 9.17) is 0 Å². The average molecular weight is 534 g/mol. The van der Waals surface area contributed by atoms with Crippen LogP contribution in [-0.2, 0) is 16.2 Å². The standard InChI is InChI=1S/C25H23F4N5O2S/c1-15-5-6-22-23(26)8-7-21(24(22)32-15)16-9-17(25(27,28)29)11-20(10-16)37(35,36)33-18-3-2-4-19(12-18)34-13-30-31-14-34/h5-11,13-14,18-19,33H,2-4,12H2,1H3/t18-,19+/m0/s1. The molecule has 1 aliphatic carbocycles. The summed E-state index contributed by atoms with van der Waals surface area (Å²) in [5, 5.41) is 7.70. The second-order valence-corrected chi connectivity index (χ2v) is 10.9. The number of hydrogen-bond acceptors (Lipinski definition) is 5. The summed E-state index contributed by atoms with van der Waals surface area (Å²) in [7, 11) is -4.32. The van der Waals surface area contributed by atoms with Crippen molar-refractivity contribution in [3.63, 3.8) is 0 Å². The van der Waals surface area contributed by atoms with Crippen molar-refractivity contribution >= 4 is 20.9 Å². The molecule has 1 aliphatic rings. The van der Waals surface area contributed by atoms with Gasteiger partial charge < -0.3 is 4.57 Å². The molecule has 0 saturated heterocycles. The van der Waals surface area contributed by atoms with Gasteiger partial charge in [-0.1, -0.05) is 0 Å². The largest absolute Gasteiger partial charge is 0.416 e.